The summed E-state index contributed by atoms with van der Waals surface area (Å²) in [4.78, 5) is 34.2. The van der Waals surface area contributed by atoms with Gasteiger partial charge in [0.1, 0.15) is 5.69 Å². The van der Waals surface area contributed by atoms with Gasteiger partial charge in [0.2, 0.25) is 0 Å². The lowest BCUT2D eigenvalue weighted by Crippen LogP contribution is -2.36. The van der Waals surface area contributed by atoms with E-state index in [1.807, 2.05) is 45.0 Å². The first-order valence-corrected chi connectivity index (χ1v) is 8.77. The van der Waals surface area contributed by atoms with Crippen molar-refractivity contribution in [3.63, 3.8) is 0 Å². The van der Waals surface area contributed by atoms with Gasteiger partial charge in [0.25, 0.3) is 11.5 Å². The third-order valence-electron chi connectivity index (χ3n) is 4.28. The Kier molecular flexibility index (Phi) is 5.16. The quantitative estimate of drug-likeness (QED) is 0.766. The normalized spacial score (nSPS) is 11.1. The predicted molar refractivity (Wildman–Crippen MR) is 103 cm³/mol. The molecule has 0 atom stereocenters. The van der Waals surface area contributed by atoms with Gasteiger partial charge >= 0.3 is 0 Å². The fourth-order valence-corrected chi connectivity index (χ4v) is 3.06. The number of carbonyl (C=O) groups is 1. The van der Waals surface area contributed by atoms with E-state index in [1.165, 1.54) is 0 Å². The number of nitrogens with zero attached hydrogens (tertiary/aromatic N) is 2. The summed E-state index contributed by atoms with van der Waals surface area (Å²) in [6, 6.07) is 13.0. The highest BCUT2D eigenvalue weighted by atomic mass is 16.2. The second-order valence-electron chi connectivity index (χ2n) is 6.96. The summed E-state index contributed by atoms with van der Waals surface area (Å²) in [5, 5.41) is 0.967. The molecule has 0 bridgehead atoms. The Bertz CT molecular complexity index is 977. The number of aromatic nitrogens is 2. The summed E-state index contributed by atoms with van der Waals surface area (Å²) in [7, 11) is 0. The van der Waals surface area contributed by atoms with Crippen LogP contribution in [-0.4, -0.2) is 27.3 Å². The Morgan fingerprint density at radius 3 is 2.69 bits per heavy atom. The van der Waals surface area contributed by atoms with Gasteiger partial charge < -0.3 is 9.88 Å². The fraction of sp³-hybridized carbons (Fsp3) is 0.286. The molecule has 1 aromatic carbocycles. The second kappa shape index (κ2) is 7.52. The van der Waals surface area contributed by atoms with Crippen LogP contribution < -0.4 is 5.56 Å². The highest BCUT2D eigenvalue weighted by molar-refractivity contribution is 5.92. The molecular formula is C21H23N3O2. The lowest BCUT2D eigenvalue weighted by Gasteiger charge is -2.24. The van der Waals surface area contributed by atoms with Crippen LogP contribution in [0.15, 0.2) is 53.5 Å². The molecule has 0 fully saturated rings. The Labute approximate surface area is 152 Å². The van der Waals surface area contributed by atoms with Crippen LogP contribution in [-0.2, 0) is 6.54 Å². The highest BCUT2D eigenvalue weighted by Crippen LogP contribution is 2.17. The number of H-pyrrole nitrogens is 1. The summed E-state index contributed by atoms with van der Waals surface area (Å²) in [5.74, 6) is 0.118. The van der Waals surface area contributed by atoms with Crippen LogP contribution in [0, 0.1) is 12.8 Å². The van der Waals surface area contributed by atoms with E-state index >= 15 is 0 Å². The van der Waals surface area contributed by atoms with Gasteiger partial charge in [0, 0.05) is 18.3 Å². The highest BCUT2D eigenvalue weighted by Gasteiger charge is 2.19. The van der Waals surface area contributed by atoms with Crippen molar-refractivity contribution in [2.45, 2.75) is 27.3 Å². The van der Waals surface area contributed by atoms with Crippen molar-refractivity contribution in [2.75, 3.05) is 6.54 Å². The van der Waals surface area contributed by atoms with Gasteiger partial charge in [-0.2, -0.15) is 0 Å². The molecule has 0 aliphatic heterocycles. The van der Waals surface area contributed by atoms with Crippen molar-refractivity contribution in [3.05, 3.63) is 75.8 Å². The van der Waals surface area contributed by atoms with Crippen LogP contribution in [0.3, 0.4) is 0 Å². The molecular weight excluding hydrogens is 326 g/mol. The van der Waals surface area contributed by atoms with Crippen LogP contribution in [0.2, 0.25) is 0 Å². The summed E-state index contributed by atoms with van der Waals surface area (Å²) in [6.07, 6.45) is 1.60. The lowest BCUT2D eigenvalue weighted by molar-refractivity contribution is 0.0716. The van der Waals surface area contributed by atoms with Gasteiger partial charge in [0.15, 0.2) is 0 Å². The van der Waals surface area contributed by atoms with Gasteiger partial charge in [-0.1, -0.05) is 38.1 Å². The number of pyridine rings is 2. The van der Waals surface area contributed by atoms with Crippen LogP contribution in [0.5, 0.6) is 0 Å². The van der Waals surface area contributed by atoms with Gasteiger partial charge in [-0.05, 0) is 42.0 Å². The van der Waals surface area contributed by atoms with Crippen molar-refractivity contribution >= 4 is 16.8 Å². The number of nitrogens with one attached hydrogen (secondary N) is 1. The van der Waals surface area contributed by atoms with Crippen LogP contribution >= 0.6 is 0 Å². The van der Waals surface area contributed by atoms with Crippen LogP contribution in [0.1, 0.15) is 35.5 Å². The number of aromatic amines is 1. The molecule has 0 aliphatic rings. The Morgan fingerprint density at radius 1 is 1.19 bits per heavy atom. The van der Waals surface area contributed by atoms with E-state index in [1.54, 1.807) is 29.3 Å². The molecule has 26 heavy (non-hydrogen) atoms. The third-order valence-corrected chi connectivity index (χ3v) is 4.28. The molecule has 2 aromatic heterocycles. The van der Waals surface area contributed by atoms with Crippen LogP contribution in [0.4, 0.5) is 0 Å². The zero-order valence-electron chi connectivity index (χ0n) is 15.3. The average Bonchev–Trinajstić information content (AvgIpc) is 2.62. The number of hydrogen-bond acceptors (Lipinski definition) is 3. The Hall–Kier alpha value is -2.95. The largest absolute Gasteiger partial charge is 0.333 e. The minimum absolute atomic E-state index is 0.158. The number of hydrogen-bond donors (Lipinski definition) is 1. The molecule has 3 aromatic rings. The maximum Gasteiger partial charge on any atom is 0.272 e. The maximum absolute atomic E-state index is 12.9. The fourth-order valence-electron chi connectivity index (χ4n) is 3.06. The van der Waals surface area contributed by atoms with Crippen molar-refractivity contribution in [1.29, 1.82) is 0 Å². The minimum Gasteiger partial charge on any atom is -0.333 e. The topological polar surface area (TPSA) is 66.1 Å². The van der Waals surface area contributed by atoms with E-state index in [0.29, 0.717) is 17.8 Å². The molecule has 3 rings (SSSR count). The van der Waals surface area contributed by atoms with Crippen molar-refractivity contribution in [3.8, 4) is 0 Å². The molecule has 5 heteroatoms. The first-order valence-electron chi connectivity index (χ1n) is 8.77. The van der Waals surface area contributed by atoms with Gasteiger partial charge in [0.05, 0.1) is 12.1 Å². The molecule has 0 unspecified atom stereocenters. The van der Waals surface area contributed by atoms with Crippen molar-refractivity contribution in [2.24, 2.45) is 5.92 Å². The average molecular weight is 349 g/mol. The molecule has 0 radical (unpaired) electrons. The summed E-state index contributed by atoms with van der Waals surface area (Å²) in [5.41, 5.74) is 2.67. The van der Waals surface area contributed by atoms with E-state index in [4.69, 9.17) is 0 Å². The van der Waals surface area contributed by atoms with E-state index < -0.39 is 0 Å². The molecule has 2 heterocycles. The summed E-state index contributed by atoms with van der Waals surface area (Å²) >= 11 is 0. The van der Waals surface area contributed by atoms with Gasteiger partial charge in [-0.3, -0.25) is 14.6 Å². The third kappa shape index (κ3) is 3.82. The molecule has 1 N–H and O–H groups in total. The maximum atomic E-state index is 12.9. The number of para-hydroxylation sites is 1. The molecule has 0 spiro atoms. The molecule has 1 amide bonds. The number of amides is 1. The predicted octanol–water partition coefficient (Wildman–Crippen LogP) is 3.53. The van der Waals surface area contributed by atoms with Gasteiger partial charge in [-0.25, -0.2) is 0 Å². The van der Waals surface area contributed by atoms with E-state index in [0.717, 1.165) is 16.5 Å². The smallest absolute Gasteiger partial charge is 0.272 e. The SMILES string of the molecule is Cc1cccc2cc(CN(CC(C)C)C(=O)c3ccccn3)c(=O)[nH]c12. The van der Waals surface area contributed by atoms with Gasteiger partial charge in [-0.15, -0.1) is 0 Å². The van der Waals surface area contributed by atoms with E-state index in [9.17, 15) is 9.59 Å². The first-order chi connectivity index (χ1) is 12.5. The first kappa shape index (κ1) is 17.9. The number of rotatable bonds is 5. The number of fused-ring (bicyclic) bond motifs is 1. The van der Waals surface area contributed by atoms with Crippen LogP contribution in [0.25, 0.3) is 10.9 Å². The van der Waals surface area contributed by atoms with Crippen molar-refractivity contribution in [1.82, 2.24) is 14.9 Å². The van der Waals surface area contributed by atoms with E-state index in [2.05, 4.69) is 9.97 Å². The molecule has 5 nitrogen and oxygen atoms in total. The summed E-state index contributed by atoms with van der Waals surface area (Å²) in [6.45, 7) is 6.88. The molecule has 134 valence electrons. The molecule has 0 saturated carbocycles. The monoisotopic (exact) mass is 349 g/mol. The molecule has 0 aliphatic carbocycles. The number of aryl methyl sites for hydroxylation is 1. The second-order valence-corrected chi connectivity index (χ2v) is 6.96. The minimum atomic E-state index is -0.164. The number of benzene rings is 1. The van der Waals surface area contributed by atoms with Crippen molar-refractivity contribution < 1.29 is 4.79 Å². The lowest BCUT2D eigenvalue weighted by atomic mass is 10.1. The number of carbonyl (C=O) groups excluding carboxylic acids is 1. The summed E-state index contributed by atoms with van der Waals surface area (Å²) < 4.78 is 0. The zero-order valence-corrected chi connectivity index (χ0v) is 15.3. The standard InChI is InChI=1S/C21H23N3O2/c1-14(2)12-24(21(26)18-9-4-5-10-22-18)13-17-11-16-8-6-7-15(3)19(16)23-20(17)25/h4-11,14H,12-13H2,1-3H3,(H,23,25). The molecule has 0 saturated heterocycles. The Balaban J connectivity index is 1.97. The zero-order chi connectivity index (χ0) is 18.7. The van der Waals surface area contributed by atoms with E-state index in [-0.39, 0.29) is 23.9 Å². The Morgan fingerprint density at radius 2 is 2.00 bits per heavy atom.